The topological polar surface area (TPSA) is 12.5 Å². The summed E-state index contributed by atoms with van der Waals surface area (Å²) in [5.41, 5.74) is 1.21. The molecule has 1 atom stereocenters. The van der Waals surface area contributed by atoms with Crippen molar-refractivity contribution >= 4 is 20.1 Å². The van der Waals surface area contributed by atoms with E-state index in [0.717, 1.165) is 12.8 Å². The van der Waals surface area contributed by atoms with Gasteiger partial charge in [-0.05, 0) is 51.4 Å². The maximum Gasteiger partial charge on any atom is 0.100 e. The van der Waals surface area contributed by atoms with Gasteiger partial charge in [0.05, 0.1) is 0 Å². The summed E-state index contributed by atoms with van der Waals surface area (Å²) in [6.45, 7) is 15.1. The van der Waals surface area contributed by atoms with Gasteiger partial charge >= 0.3 is 0 Å². The molecule has 0 amide bonds. The van der Waals surface area contributed by atoms with Gasteiger partial charge in [0.25, 0.3) is 0 Å². The van der Waals surface area contributed by atoms with E-state index in [9.17, 15) is 0 Å². The molecule has 0 aliphatic heterocycles. The van der Waals surface area contributed by atoms with Crippen LogP contribution in [0.3, 0.4) is 0 Å². The third kappa shape index (κ3) is 9.38. The van der Waals surface area contributed by atoms with Crippen LogP contribution in [0.2, 0.25) is 6.04 Å². The first kappa shape index (κ1) is 22.1. The molecule has 0 radical (unpaired) electrons. The molecule has 0 bridgehead atoms. The van der Waals surface area contributed by atoms with E-state index in [-0.39, 0.29) is 0 Å². The molecule has 0 saturated carbocycles. The van der Waals surface area contributed by atoms with Crippen molar-refractivity contribution in [2.75, 3.05) is 32.5 Å². The zero-order valence-corrected chi connectivity index (χ0v) is 18.0. The quantitative estimate of drug-likeness (QED) is 0.422. The van der Waals surface area contributed by atoms with Gasteiger partial charge in [-0.2, -0.15) is 0 Å². The van der Waals surface area contributed by atoms with E-state index < -0.39 is 8.80 Å². The number of hydrogen-bond acceptors (Lipinski definition) is 2. The number of hydrogen-bond donors (Lipinski definition) is 0. The van der Waals surface area contributed by atoms with Gasteiger partial charge < -0.3 is 9.64 Å². The van der Waals surface area contributed by atoms with Crippen LogP contribution in [0.1, 0.15) is 58.4 Å². The van der Waals surface area contributed by atoms with Crippen molar-refractivity contribution in [2.45, 2.75) is 58.9 Å². The highest BCUT2D eigenvalue weighted by atomic mass is 28.3. The average molecular weight is 362 g/mol. The highest BCUT2D eigenvalue weighted by Gasteiger charge is 2.15. The number of unbranched alkanes of at least 4 members (excludes halogenated alkanes) is 2. The van der Waals surface area contributed by atoms with E-state index in [0.29, 0.717) is 0 Å². The zero-order chi connectivity index (χ0) is 18.3. The Labute approximate surface area is 157 Å². The van der Waals surface area contributed by atoms with Gasteiger partial charge in [0.1, 0.15) is 8.80 Å². The fourth-order valence-corrected chi connectivity index (χ4v) is 5.80. The second-order valence-corrected chi connectivity index (χ2v) is 9.89. The Bertz CT molecular complexity index is 438. The second-order valence-electron chi connectivity index (χ2n) is 6.92. The Balaban J connectivity index is 2.56. The van der Waals surface area contributed by atoms with E-state index in [2.05, 4.69) is 56.5 Å². The standard InChI is InChI=1S/C22H39NOSi/c1-5-9-16-23(17-10-6-2)18-11-19-25(20-24-8-4)22-14-12-21(7-3)13-15-22/h7,12-15,25H,3,5-6,8-11,16-20H2,1-2,4H3. The molecule has 0 saturated heterocycles. The van der Waals surface area contributed by atoms with E-state index in [1.165, 1.54) is 68.5 Å². The minimum atomic E-state index is -1.04. The van der Waals surface area contributed by atoms with Crippen molar-refractivity contribution in [1.82, 2.24) is 4.90 Å². The summed E-state index contributed by atoms with van der Waals surface area (Å²) in [6, 6.07) is 10.3. The first-order valence-corrected chi connectivity index (χ1v) is 12.5. The highest BCUT2D eigenvalue weighted by Crippen LogP contribution is 2.07. The molecular weight excluding hydrogens is 322 g/mol. The number of nitrogens with zero attached hydrogens (tertiary/aromatic N) is 1. The molecule has 1 unspecified atom stereocenters. The fourth-order valence-electron chi connectivity index (χ4n) is 3.17. The van der Waals surface area contributed by atoms with Crippen LogP contribution >= 0.6 is 0 Å². The van der Waals surface area contributed by atoms with Gasteiger partial charge in [-0.15, -0.1) is 0 Å². The molecule has 0 aliphatic rings. The zero-order valence-electron chi connectivity index (χ0n) is 16.8. The van der Waals surface area contributed by atoms with Crippen molar-refractivity contribution in [3.05, 3.63) is 36.4 Å². The predicted molar refractivity (Wildman–Crippen MR) is 115 cm³/mol. The number of benzene rings is 1. The van der Waals surface area contributed by atoms with Crippen molar-refractivity contribution < 1.29 is 4.74 Å². The molecule has 0 spiro atoms. The van der Waals surface area contributed by atoms with E-state index in [4.69, 9.17) is 4.74 Å². The summed E-state index contributed by atoms with van der Waals surface area (Å²) in [5, 5.41) is 1.53. The lowest BCUT2D eigenvalue weighted by Crippen LogP contribution is -2.36. The Kier molecular flexibility index (Phi) is 12.7. The summed E-state index contributed by atoms with van der Waals surface area (Å²) in [7, 11) is -1.04. The van der Waals surface area contributed by atoms with Gasteiger partial charge in [-0.3, -0.25) is 0 Å². The predicted octanol–water partition coefficient (Wildman–Crippen LogP) is 4.63. The molecule has 2 nitrogen and oxygen atoms in total. The van der Waals surface area contributed by atoms with Crippen LogP contribution in [-0.4, -0.2) is 46.2 Å². The van der Waals surface area contributed by atoms with Crippen molar-refractivity contribution in [2.24, 2.45) is 0 Å². The Hall–Kier alpha value is -0.903. The van der Waals surface area contributed by atoms with E-state index in [1.807, 2.05) is 6.08 Å². The maximum absolute atomic E-state index is 5.82. The van der Waals surface area contributed by atoms with E-state index >= 15 is 0 Å². The van der Waals surface area contributed by atoms with Crippen molar-refractivity contribution in [1.29, 1.82) is 0 Å². The molecule has 25 heavy (non-hydrogen) atoms. The third-order valence-electron chi connectivity index (χ3n) is 4.85. The minimum Gasteiger partial charge on any atom is -0.385 e. The summed E-state index contributed by atoms with van der Waals surface area (Å²) < 4.78 is 5.82. The lowest BCUT2D eigenvalue weighted by Gasteiger charge is -2.23. The molecule has 3 heteroatoms. The van der Waals surface area contributed by atoms with E-state index in [1.54, 1.807) is 0 Å². The van der Waals surface area contributed by atoms with Crippen LogP contribution in [0.25, 0.3) is 6.08 Å². The fraction of sp³-hybridized carbons (Fsp3) is 0.636. The average Bonchev–Trinajstić information content (AvgIpc) is 2.66. The molecular formula is C22H39NOSi. The highest BCUT2D eigenvalue weighted by molar-refractivity contribution is 6.73. The molecule has 0 heterocycles. The van der Waals surface area contributed by atoms with Crippen LogP contribution in [0.5, 0.6) is 0 Å². The summed E-state index contributed by atoms with van der Waals surface area (Å²) in [5.74, 6) is 0. The summed E-state index contributed by atoms with van der Waals surface area (Å²) in [4.78, 5) is 2.68. The van der Waals surface area contributed by atoms with Gasteiger partial charge in [0.2, 0.25) is 0 Å². The van der Waals surface area contributed by atoms with Crippen LogP contribution in [-0.2, 0) is 4.74 Å². The maximum atomic E-state index is 5.82. The van der Waals surface area contributed by atoms with Gasteiger partial charge in [-0.1, -0.05) is 74.8 Å². The SMILES string of the molecule is C=Cc1ccc([SiH](CCCN(CCCC)CCCC)COCC)cc1. The minimum absolute atomic E-state index is 0.827. The second kappa shape index (κ2) is 14.3. The van der Waals surface area contributed by atoms with Crippen LogP contribution in [0.15, 0.2) is 30.8 Å². The summed E-state index contributed by atoms with van der Waals surface area (Å²) >= 11 is 0. The molecule has 0 N–H and O–H groups in total. The molecule has 1 rings (SSSR count). The van der Waals surface area contributed by atoms with Gasteiger partial charge in [-0.25, -0.2) is 0 Å². The molecule has 142 valence electrons. The van der Waals surface area contributed by atoms with Crippen LogP contribution < -0.4 is 5.19 Å². The number of rotatable bonds is 15. The first-order chi connectivity index (χ1) is 12.2. The van der Waals surface area contributed by atoms with Gasteiger partial charge in [0, 0.05) is 12.8 Å². The summed E-state index contributed by atoms with van der Waals surface area (Å²) in [6.07, 6.45) is 9.43. The molecule has 0 aromatic heterocycles. The normalized spacial score (nSPS) is 12.5. The monoisotopic (exact) mass is 361 g/mol. The smallest absolute Gasteiger partial charge is 0.100 e. The Morgan fingerprint density at radius 3 is 2.08 bits per heavy atom. The lowest BCUT2D eigenvalue weighted by atomic mass is 10.2. The first-order valence-electron chi connectivity index (χ1n) is 10.3. The molecule has 0 fully saturated rings. The van der Waals surface area contributed by atoms with Gasteiger partial charge in [0.15, 0.2) is 0 Å². The Morgan fingerprint density at radius 2 is 1.56 bits per heavy atom. The van der Waals surface area contributed by atoms with Crippen LogP contribution in [0.4, 0.5) is 0 Å². The lowest BCUT2D eigenvalue weighted by molar-refractivity contribution is 0.191. The molecule has 0 aliphatic carbocycles. The largest absolute Gasteiger partial charge is 0.385 e. The van der Waals surface area contributed by atoms with Crippen molar-refractivity contribution in [3.8, 4) is 0 Å². The third-order valence-corrected chi connectivity index (χ3v) is 7.92. The Morgan fingerprint density at radius 1 is 0.960 bits per heavy atom. The number of ether oxygens (including phenoxy) is 1. The van der Waals surface area contributed by atoms with Crippen LogP contribution in [0, 0.1) is 0 Å². The molecule has 1 aromatic rings. The van der Waals surface area contributed by atoms with Crippen molar-refractivity contribution in [3.63, 3.8) is 0 Å². The molecule has 1 aromatic carbocycles.